The fourth-order valence-corrected chi connectivity index (χ4v) is 2.49. The normalized spacial score (nSPS) is 26.5. The predicted octanol–water partition coefficient (Wildman–Crippen LogP) is 1.03. The molecule has 17 heavy (non-hydrogen) atoms. The number of nitrogens with two attached hydrogens (primary N) is 1. The van der Waals surface area contributed by atoms with Gasteiger partial charge in [0.15, 0.2) is 0 Å². The van der Waals surface area contributed by atoms with E-state index < -0.39 is 0 Å². The van der Waals surface area contributed by atoms with Gasteiger partial charge in [-0.3, -0.25) is 4.79 Å². The number of hydrogen-bond donors (Lipinski definition) is 3. The second-order valence-corrected chi connectivity index (χ2v) is 5.23. The van der Waals surface area contributed by atoms with Gasteiger partial charge in [0.05, 0.1) is 0 Å². The van der Waals surface area contributed by atoms with Crippen molar-refractivity contribution in [1.29, 1.82) is 0 Å². The van der Waals surface area contributed by atoms with E-state index in [-0.39, 0.29) is 24.5 Å². The Morgan fingerprint density at radius 3 is 2.59 bits per heavy atom. The van der Waals surface area contributed by atoms with Gasteiger partial charge in [-0.2, -0.15) is 0 Å². The molecule has 0 aromatic heterocycles. The highest BCUT2D eigenvalue weighted by molar-refractivity contribution is 5.78. The van der Waals surface area contributed by atoms with Crippen LogP contribution in [0, 0.1) is 11.8 Å². The molecular weight excluding hydrogens is 216 g/mol. The second kappa shape index (κ2) is 7.67. The Labute approximate surface area is 104 Å². The van der Waals surface area contributed by atoms with Crippen molar-refractivity contribution in [3.63, 3.8) is 0 Å². The number of carbonyl (C=O) groups is 1. The molecule has 4 heteroatoms. The fourth-order valence-electron chi connectivity index (χ4n) is 2.49. The molecule has 0 aromatic rings. The van der Waals surface area contributed by atoms with Gasteiger partial charge in [0.2, 0.25) is 5.91 Å². The lowest BCUT2D eigenvalue weighted by Crippen LogP contribution is -2.39. The summed E-state index contributed by atoms with van der Waals surface area (Å²) in [6.07, 6.45) is 5.71. The zero-order valence-corrected chi connectivity index (χ0v) is 10.8. The van der Waals surface area contributed by atoms with Crippen LogP contribution in [0.15, 0.2) is 0 Å². The zero-order chi connectivity index (χ0) is 12.7. The summed E-state index contributed by atoms with van der Waals surface area (Å²) in [6.45, 7) is 2.95. The summed E-state index contributed by atoms with van der Waals surface area (Å²) in [5.74, 6) is 0.978. The van der Waals surface area contributed by atoms with Crippen molar-refractivity contribution in [2.75, 3.05) is 13.2 Å². The molecule has 1 aliphatic rings. The summed E-state index contributed by atoms with van der Waals surface area (Å²) in [6, 6.07) is 0.168. The Kier molecular flexibility index (Phi) is 6.52. The van der Waals surface area contributed by atoms with Crippen LogP contribution in [0.4, 0.5) is 0 Å². The number of aliphatic hydroxyl groups excluding tert-OH is 1. The molecule has 100 valence electrons. The molecule has 1 aliphatic carbocycles. The van der Waals surface area contributed by atoms with E-state index in [1.54, 1.807) is 0 Å². The van der Waals surface area contributed by atoms with Gasteiger partial charge in [-0.1, -0.05) is 0 Å². The second-order valence-electron chi connectivity index (χ2n) is 5.23. The molecule has 0 radical (unpaired) electrons. The lowest BCUT2D eigenvalue weighted by atomic mass is 9.81. The summed E-state index contributed by atoms with van der Waals surface area (Å²) in [4.78, 5) is 12.0. The van der Waals surface area contributed by atoms with Crippen molar-refractivity contribution in [3.8, 4) is 0 Å². The first-order valence-corrected chi connectivity index (χ1v) is 6.78. The predicted molar refractivity (Wildman–Crippen MR) is 68.4 cm³/mol. The standard InChI is InChI=1S/C13H26N2O2/c1-10(3-2-8-16)15-13(17)12-6-4-11(9-14)5-7-12/h10-12,16H,2-9,14H2,1H3,(H,15,17). The first-order chi connectivity index (χ1) is 8.17. The Bertz CT molecular complexity index is 225. The smallest absolute Gasteiger partial charge is 0.223 e. The zero-order valence-electron chi connectivity index (χ0n) is 10.8. The van der Waals surface area contributed by atoms with E-state index in [1.807, 2.05) is 6.92 Å². The Balaban J connectivity index is 2.24. The van der Waals surface area contributed by atoms with E-state index >= 15 is 0 Å². The third-order valence-corrected chi connectivity index (χ3v) is 3.73. The van der Waals surface area contributed by atoms with Crippen molar-refractivity contribution in [1.82, 2.24) is 5.32 Å². The van der Waals surface area contributed by atoms with Crippen LogP contribution in [0.1, 0.15) is 45.4 Å². The third-order valence-electron chi connectivity index (χ3n) is 3.73. The molecule has 1 unspecified atom stereocenters. The van der Waals surface area contributed by atoms with Gasteiger partial charge in [-0.05, 0) is 57.9 Å². The summed E-state index contributed by atoms with van der Waals surface area (Å²) in [7, 11) is 0. The van der Waals surface area contributed by atoms with Crippen LogP contribution in [0.25, 0.3) is 0 Å². The van der Waals surface area contributed by atoms with Crippen LogP contribution in [-0.2, 0) is 4.79 Å². The minimum absolute atomic E-state index is 0.168. The number of amides is 1. The summed E-state index contributed by atoms with van der Waals surface area (Å²) < 4.78 is 0. The molecule has 0 heterocycles. The van der Waals surface area contributed by atoms with Crippen molar-refractivity contribution in [3.05, 3.63) is 0 Å². The minimum atomic E-state index is 0.168. The quantitative estimate of drug-likeness (QED) is 0.651. The molecule has 4 nitrogen and oxygen atoms in total. The number of carbonyl (C=O) groups excluding carboxylic acids is 1. The van der Waals surface area contributed by atoms with Crippen LogP contribution in [0.2, 0.25) is 0 Å². The van der Waals surface area contributed by atoms with Crippen molar-refractivity contribution in [2.45, 2.75) is 51.5 Å². The number of aliphatic hydroxyl groups is 1. The van der Waals surface area contributed by atoms with E-state index in [0.717, 1.165) is 45.1 Å². The Hall–Kier alpha value is -0.610. The van der Waals surface area contributed by atoms with Crippen LogP contribution >= 0.6 is 0 Å². The van der Waals surface area contributed by atoms with Gasteiger partial charge in [-0.15, -0.1) is 0 Å². The first kappa shape index (κ1) is 14.5. The van der Waals surface area contributed by atoms with Crippen LogP contribution in [0.5, 0.6) is 0 Å². The lowest BCUT2D eigenvalue weighted by Gasteiger charge is -2.27. The van der Waals surface area contributed by atoms with E-state index in [4.69, 9.17) is 10.8 Å². The molecule has 1 saturated carbocycles. The molecule has 1 rings (SSSR count). The molecule has 1 fully saturated rings. The first-order valence-electron chi connectivity index (χ1n) is 6.78. The highest BCUT2D eigenvalue weighted by atomic mass is 16.2. The number of rotatable bonds is 6. The monoisotopic (exact) mass is 242 g/mol. The van der Waals surface area contributed by atoms with Crippen LogP contribution in [0.3, 0.4) is 0 Å². The molecule has 4 N–H and O–H groups in total. The minimum Gasteiger partial charge on any atom is -0.396 e. The van der Waals surface area contributed by atoms with E-state index in [1.165, 1.54) is 0 Å². The van der Waals surface area contributed by atoms with Crippen LogP contribution < -0.4 is 11.1 Å². The van der Waals surface area contributed by atoms with Crippen molar-refractivity contribution in [2.24, 2.45) is 17.6 Å². The average Bonchev–Trinajstić information content (AvgIpc) is 2.36. The van der Waals surface area contributed by atoms with Gasteiger partial charge in [0, 0.05) is 18.6 Å². The highest BCUT2D eigenvalue weighted by Gasteiger charge is 2.26. The lowest BCUT2D eigenvalue weighted by molar-refractivity contribution is -0.126. The topological polar surface area (TPSA) is 75.3 Å². The molecular formula is C13H26N2O2. The fraction of sp³-hybridized carbons (Fsp3) is 0.923. The number of hydrogen-bond acceptors (Lipinski definition) is 3. The molecule has 0 spiro atoms. The molecule has 0 aromatic carbocycles. The molecule has 1 amide bonds. The third kappa shape index (κ3) is 5.04. The van der Waals surface area contributed by atoms with E-state index in [0.29, 0.717) is 5.92 Å². The van der Waals surface area contributed by atoms with Crippen molar-refractivity contribution >= 4 is 5.91 Å². The maximum absolute atomic E-state index is 12.0. The summed E-state index contributed by atoms with van der Waals surface area (Å²) in [5.41, 5.74) is 5.64. The summed E-state index contributed by atoms with van der Waals surface area (Å²) >= 11 is 0. The maximum Gasteiger partial charge on any atom is 0.223 e. The van der Waals surface area contributed by atoms with Gasteiger partial charge in [0.1, 0.15) is 0 Å². The van der Waals surface area contributed by atoms with Gasteiger partial charge >= 0.3 is 0 Å². The Morgan fingerprint density at radius 2 is 2.06 bits per heavy atom. The largest absolute Gasteiger partial charge is 0.396 e. The van der Waals surface area contributed by atoms with E-state index in [9.17, 15) is 4.79 Å². The summed E-state index contributed by atoms with van der Waals surface area (Å²) in [5, 5.41) is 11.8. The molecule has 0 bridgehead atoms. The average molecular weight is 242 g/mol. The SMILES string of the molecule is CC(CCCO)NC(=O)C1CCC(CN)CC1. The number of nitrogens with one attached hydrogen (secondary N) is 1. The molecule has 0 aliphatic heterocycles. The van der Waals surface area contributed by atoms with Gasteiger partial charge in [0.25, 0.3) is 0 Å². The van der Waals surface area contributed by atoms with E-state index in [2.05, 4.69) is 5.32 Å². The molecule has 1 atom stereocenters. The van der Waals surface area contributed by atoms with Crippen molar-refractivity contribution < 1.29 is 9.90 Å². The Morgan fingerprint density at radius 1 is 1.41 bits per heavy atom. The van der Waals surface area contributed by atoms with Gasteiger partial charge in [-0.25, -0.2) is 0 Å². The highest BCUT2D eigenvalue weighted by Crippen LogP contribution is 2.28. The van der Waals surface area contributed by atoms with Crippen LogP contribution in [-0.4, -0.2) is 30.2 Å². The molecule has 0 saturated heterocycles. The maximum atomic E-state index is 12.0. The van der Waals surface area contributed by atoms with Gasteiger partial charge < -0.3 is 16.2 Å².